The molecule has 0 radical (unpaired) electrons. The van der Waals surface area contributed by atoms with E-state index in [9.17, 15) is 18.4 Å². The quantitative estimate of drug-likeness (QED) is 0.508. The standard InChI is InChI=1S/C15H18F2N2O3/c16-11-6-8-12(9-7-11)19-15(22)18-10-4-2-1-3-5-13(17)14(20)21/h5-9H,1-4,10H2,(H,20,21)(H2,18,19,22)/b13-5-. The zero-order chi connectivity index (χ0) is 16.4. The van der Waals surface area contributed by atoms with E-state index in [0.717, 1.165) is 12.5 Å². The minimum absolute atomic E-state index is 0.347. The second-order valence-corrected chi connectivity index (χ2v) is 4.59. The summed E-state index contributed by atoms with van der Waals surface area (Å²) in [7, 11) is 0. The number of urea groups is 1. The number of rotatable bonds is 8. The highest BCUT2D eigenvalue weighted by Crippen LogP contribution is 2.08. The molecule has 2 amide bonds. The van der Waals surface area contributed by atoms with Gasteiger partial charge in [-0.3, -0.25) is 0 Å². The molecule has 120 valence electrons. The number of aliphatic carboxylic acids is 1. The van der Waals surface area contributed by atoms with Crippen LogP contribution in [0.1, 0.15) is 25.7 Å². The highest BCUT2D eigenvalue weighted by Gasteiger charge is 2.03. The lowest BCUT2D eigenvalue weighted by atomic mass is 10.2. The maximum absolute atomic E-state index is 12.7. The number of hydrogen-bond acceptors (Lipinski definition) is 2. The molecule has 0 spiro atoms. The first-order chi connectivity index (χ1) is 10.5. The average Bonchev–Trinajstić information content (AvgIpc) is 2.48. The lowest BCUT2D eigenvalue weighted by molar-refractivity contribution is -0.134. The molecule has 0 saturated carbocycles. The van der Waals surface area contributed by atoms with Crippen molar-refractivity contribution < 1.29 is 23.5 Å². The Balaban J connectivity index is 2.09. The highest BCUT2D eigenvalue weighted by atomic mass is 19.1. The number of carbonyl (C=O) groups excluding carboxylic acids is 1. The molecule has 0 atom stereocenters. The van der Waals surface area contributed by atoms with Crippen LogP contribution < -0.4 is 10.6 Å². The average molecular weight is 312 g/mol. The van der Waals surface area contributed by atoms with Crippen LogP contribution in [-0.4, -0.2) is 23.7 Å². The van der Waals surface area contributed by atoms with Gasteiger partial charge >= 0.3 is 12.0 Å². The van der Waals surface area contributed by atoms with Crippen LogP contribution in [0.3, 0.4) is 0 Å². The third-order valence-corrected chi connectivity index (χ3v) is 2.80. The number of unbranched alkanes of at least 4 members (excludes halogenated alkanes) is 3. The molecule has 22 heavy (non-hydrogen) atoms. The molecule has 0 fully saturated rings. The minimum atomic E-state index is -1.56. The first kappa shape index (κ1) is 17.6. The monoisotopic (exact) mass is 312 g/mol. The van der Waals surface area contributed by atoms with Crippen molar-refractivity contribution >= 4 is 17.7 Å². The van der Waals surface area contributed by atoms with Crippen LogP contribution in [0.15, 0.2) is 36.2 Å². The van der Waals surface area contributed by atoms with E-state index in [4.69, 9.17) is 5.11 Å². The van der Waals surface area contributed by atoms with Gasteiger partial charge in [0.25, 0.3) is 0 Å². The van der Waals surface area contributed by atoms with Crippen molar-refractivity contribution in [2.45, 2.75) is 25.7 Å². The van der Waals surface area contributed by atoms with E-state index < -0.39 is 11.8 Å². The number of amides is 2. The summed E-state index contributed by atoms with van der Waals surface area (Å²) in [6, 6.07) is 5.03. The summed E-state index contributed by atoms with van der Waals surface area (Å²) in [6.07, 6.45) is 3.46. The van der Waals surface area contributed by atoms with E-state index in [0.29, 0.717) is 31.5 Å². The van der Waals surface area contributed by atoms with E-state index >= 15 is 0 Å². The summed E-state index contributed by atoms with van der Waals surface area (Å²) >= 11 is 0. The molecule has 5 nitrogen and oxygen atoms in total. The second kappa shape index (κ2) is 9.49. The minimum Gasteiger partial charge on any atom is -0.476 e. The number of allylic oxidation sites excluding steroid dienone is 1. The van der Waals surface area contributed by atoms with Crippen molar-refractivity contribution in [3.63, 3.8) is 0 Å². The molecule has 0 unspecified atom stereocenters. The summed E-state index contributed by atoms with van der Waals surface area (Å²) in [5.74, 6) is -3.07. The van der Waals surface area contributed by atoms with Crippen LogP contribution in [0.4, 0.5) is 19.3 Å². The number of halogens is 2. The van der Waals surface area contributed by atoms with Gasteiger partial charge in [-0.1, -0.05) is 6.42 Å². The molecule has 7 heteroatoms. The lowest BCUT2D eigenvalue weighted by Crippen LogP contribution is -2.29. The van der Waals surface area contributed by atoms with E-state index in [2.05, 4.69) is 10.6 Å². The number of carbonyl (C=O) groups is 2. The second-order valence-electron chi connectivity index (χ2n) is 4.59. The van der Waals surface area contributed by atoms with Crippen LogP contribution in [0.25, 0.3) is 0 Å². The number of hydrogen-bond donors (Lipinski definition) is 3. The first-order valence-corrected chi connectivity index (χ1v) is 6.88. The van der Waals surface area contributed by atoms with Gasteiger partial charge in [0.2, 0.25) is 5.83 Å². The van der Waals surface area contributed by atoms with E-state index in [1.54, 1.807) is 0 Å². The lowest BCUT2D eigenvalue weighted by Gasteiger charge is -2.07. The molecule has 3 N–H and O–H groups in total. The van der Waals surface area contributed by atoms with Crippen LogP contribution >= 0.6 is 0 Å². The molecule has 0 aliphatic rings. The van der Waals surface area contributed by atoms with E-state index in [1.165, 1.54) is 24.3 Å². The fourth-order valence-corrected chi connectivity index (χ4v) is 1.67. The van der Waals surface area contributed by atoms with Gasteiger partial charge in [-0.15, -0.1) is 0 Å². The van der Waals surface area contributed by atoms with Gasteiger partial charge < -0.3 is 15.7 Å². The topological polar surface area (TPSA) is 78.4 Å². The summed E-state index contributed by atoms with van der Waals surface area (Å²) in [6.45, 7) is 0.443. The van der Waals surface area contributed by atoms with Gasteiger partial charge in [0, 0.05) is 12.2 Å². The largest absolute Gasteiger partial charge is 0.476 e. The molecule has 0 aliphatic heterocycles. The zero-order valence-corrected chi connectivity index (χ0v) is 11.9. The van der Waals surface area contributed by atoms with Crippen molar-refractivity contribution in [3.05, 3.63) is 42.0 Å². The third kappa shape index (κ3) is 7.37. The number of nitrogens with one attached hydrogen (secondary N) is 2. The Kier molecular flexibility index (Phi) is 7.60. The Labute approximate surface area is 127 Å². The molecule has 0 heterocycles. The first-order valence-electron chi connectivity index (χ1n) is 6.88. The molecule has 1 aromatic rings. The van der Waals surface area contributed by atoms with Crippen molar-refractivity contribution in [1.82, 2.24) is 5.32 Å². The molecule has 0 aliphatic carbocycles. The maximum Gasteiger partial charge on any atom is 0.364 e. The van der Waals surface area contributed by atoms with Crippen molar-refractivity contribution in [2.24, 2.45) is 0 Å². The Morgan fingerprint density at radius 1 is 1.14 bits per heavy atom. The Hall–Kier alpha value is -2.44. The fourth-order valence-electron chi connectivity index (χ4n) is 1.67. The van der Waals surface area contributed by atoms with Crippen LogP contribution in [0, 0.1) is 5.82 Å². The summed E-state index contributed by atoms with van der Waals surface area (Å²) in [5.41, 5.74) is 0.494. The highest BCUT2D eigenvalue weighted by molar-refractivity contribution is 5.89. The maximum atomic E-state index is 12.7. The van der Waals surface area contributed by atoms with Crippen LogP contribution in [-0.2, 0) is 4.79 Å². The number of anilines is 1. The number of carboxylic acids is 1. The molecule has 0 aromatic heterocycles. The molecule has 0 saturated heterocycles. The van der Waals surface area contributed by atoms with Crippen LogP contribution in [0.5, 0.6) is 0 Å². The summed E-state index contributed by atoms with van der Waals surface area (Å²) in [5, 5.41) is 13.5. The van der Waals surface area contributed by atoms with E-state index in [-0.39, 0.29) is 11.8 Å². The Morgan fingerprint density at radius 2 is 1.82 bits per heavy atom. The van der Waals surface area contributed by atoms with Crippen LogP contribution in [0.2, 0.25) is 0 Å². The predicted octanol–water partition coefficient (Wildman–Crippen LogP) is 3.45. The molecular weight excluding hydrogens is 294 g/mol. The SMILES string of the molecule is O=C(NCCCCC/C=C(\F)C(=O)O)Nc1ccc(F)cc1. The normalized spacial score (nSPS) is 11.1. The van der Waals surface area contributed by atoms with Crippen molar-refractivity contribution in [3.8, 4) is 0 Å². The zero-order valence-electron chi connectivity index (χ0n) is 11.9. The van der Waals surface area contributed by atoms with Crippen molar-refractivity contribution in [2.75, 3.05) is 11.9 Å². The van der Waals surface area contributed by atoms with Gasteiger partial charge in [-0.2, -0.15) is 4.39 Å². The number of benzene rings is 1. The number of carboxylic acid groups (broad SMARTS) is 1. The molecule has 1 aromatic carbocycles. The van der Waals surface area contributed by atoms with E-state index in [1.807, 2.05) is 0 Å². The summed E-state index contributed by atoms with van der Waals surface area (Å²) in [4.78, 5) is 21.7. The smallest absolute Gasteiger partial charge is 0.364 e. The molecule has 0 bridgehead atoms. The van der Waals surface area contributed by atoms with Gasteiger partial charge in [-0.05, 0) is 49.6 Å². The van der Waals surface area contributed by atoms with Gasteiger partial charge in [0.1, 0.15) is 5.82 Å². The van der Waals surface area contributed by atoms with Gasteiger partial charge in [0.15, 0.2) is 0 Å². The predicted molar refractivity (Wildman–Crippen MR) is 78.7 cm³/mol. The summed E-state index contributed by atoms with van der Waals surface area (Å²) < 4.78 is 25.3. The van der Waals surface area contributed by atoms with Gasteiger partial charge in [-0.25, -0.2) is 14.0 Å². The Morgan fingerprint density at radius 3 is 2.45 bits per heavy atom. The Bertz CT molecular complexity index is 530. The molecular formula is C15H18F2N2O3. The van der Waals surface area contributed by atoms with Gasteiger partial charge in [0.05, 0.1) is 0 Å². The molecule has 1 rings (SSSR count). The third-order valence-electron chi connectivity index (χ3n) is 2.80. The van der Waals surface area contributed by atoms with Crippen molar-refractivity contribution in [1.29, 1.82) is 0 Å². The fraction of sp³-hybridized carbons (Fsp3) is 0.333.